The van der Waals surface area contributed by atoms with Crippen molar-refractivity contribution in [2.75, 3.05) is 5.32 Å². The largest absolute Gasteiger partial charge is 0.418 e. The normalized spacial score (nSPS) is 14.7. The van der Waals surface area contributed by atoms with E-state index in [1.54, 1.807) is 44.3 Å². The van der Waals surface area contributed by atoms with Crippen LogP contribution in [0.1, 0.15) is 46.2 Å². The third-order valence-electron chi connectivity index (χ3n) is 5.59. The van der Waals surface area contributed by atoms with Crippen molar-refractivity contribution in [3.05, 3.63) is 86.7 Å². The fourth-order valence-corrected chi connectivity index (χ4v) is 4.12. The van der Waals surface area contributed by atoms with Gasteiger partial charge in [0.1, 0.15) is 5.56 Å². The first-order chi connectivity index (χ1) is 15.1. The number of nitrogens with one attached hydrogen (secondary N) is 1. The van der Waals surface area contributed by atoms with Crippen LogP contribution in [0.3, 0.4) is 0 Å². The molecule has 32 heavy (non-hydrogen) atoms. The smallest absolute Gasteiger partial charge is 0.351 e. The van der Waals surface area contributed by atoms with E-state index in [2.05, 4.69) is 5.32 Å². The second-order valence-corrected chi connectivity index (χ2v) is 7.79. The van der Waals surface area contributed by atoms with Crippen molar-refractivity contribution in [2.24, 2.45) is 0 Å². The van der Waals surface area contributed by atoms with Crippen molar-refractivity contribution in [1.82, 2.24) is 9.13 Å². The lowest BCUT2D eigenvalue weighted by Crippen LogP contribution is -2.24. The monoisotopic (exact) mass is 441 g/mol. The van der Waals surface area contributed by atoms with Crippen LogP contribution in [0.2, 0.25) is 0 Å². The summed E-state index contributed by atoms with van der Waals surface area (Å²) >= 11 is 0. The van der Waals surface area contributed by atoms with Gasteiger partial charge in [-0.3, -0.25) is 9.59 Å². The van der Waals surface area contributed by atoms with Crippen LogP contribution in [0.15, 0.2) is 53.1 Å². The Morgan fingerprint density at radius 2 is 1.81 bits per heavy atom. The van der Waals surface area contributed by atoms with Gasteiger partial charge in [0.15, 0.2) is 0 Å². The van der Waals surface area contributed by atoms with E-state index in [1.165, 1.54) is 21.3 Å². The summed E-state index contributed by atoms with van der Waals surface area (Å²) in [5.41, 5.74) is 1.43. The number of fused-ring (bicyclic) bond motifs is 1. The maximum Gasteiger partial charge on any atom is 0.418 e. The highest BCUT2D eigenvalue weighted by atomic mass is 19.4. The minimum Gasteiger partial charge on any atom is -0.351 e. The molecule has 0 radical (unpaired) electrons. The van der Waals surface area contributed by atoms with Crippen molar-refractivity contribution < 1.29 is 18.0 Å². The number of carbonyl (C=O) groups is 1. The number of carbonyl (C=O) groups excluding carboxylic acids is 1. The molecular weight excluding hydrogens is 419 g/mol. The Morgan fingerprint density at radius 3 is 2.50 bits per heavy atom. The predicted molar refractivity (Wildman–Crippen MR) is 117 cm³/mol. The molecule has 0 amide bonds. The number of allylic oxidation sites excluding steroid dienone is 1. The van der Waals surface area contributed by atoms with Crippen LogP contribution in [-0.4, -0.2) is 14.9 Å². The molecule has 1 N–H and O–H groups in total. The maximum atomic E-state index is 13.5. The molecule has 2 aromatic heterocycles. The molecule has 0 atom stereocenters. The fraction of sp³-hybridized carbons (Fsp3) is 0.250. The number of aromatic nitrogens is 2. The molecule has 0 bridgehead atoms. The quantitative estimate of drug-likeness (QED) is 0.557. The summed E-state index contributed by atoms with van der Waals surface area (Å²) < 4.78 is 43.7. The lowest BCUT2D eigenvalue weighted by molar-refractivity contribution is -0.137. The minimum atomic E-state index is -4.50. The number of anilines is 1. The Morgan fingerprint density at radius 1 is 1.09 bits per heavy atom. The summed E-state index contributed by atoms with van der Waals surface area (Å²) in [7, 11) is 0. The third-order valence-corrected chi connectivity index (χ3v) is 5.59. The SMILES string of the molecule is CCCn1ccc2c(c1=O)C(=O)/C(=C\c1cc(C)n(-c3ccccc3C(F)(F)F)c1C)N2. The van der Waals surface area contributed by atoms with Crippen molar-refractivity contribution in [3.8, 4) is 5.69 Å². The van der Waals surface area contributed by atoms with Crippen LogP contribution in [0.25, 0.3) is 11.8 Å². The highest BCUT2D eigenvalue weighted by Crippen LogP contribution is 2.36. The van der Waals surface area contributed by atoms with Crippen molar-refractivity contribution in [3.63, 3.8) is 0 Å². The second kappa shape index (κ2) is 7.85. The lowest BCUT2D eigenvalue weighted by Gasteiger charge is -2.16. The standard InChI is InChI=1S/C24H22F3N3O2/c1-4-10-29-11-9-18-21(23(29)32)22(31)19(28-18)13-16-12-14(2)30(15(16)3)20-8-6-5-7-17(20)24(25,26)27/h5-9,11-13,28H,4,10H2,1-3H3/b19-13+. The Balaban J connectivity index is 1.78. The summed E-state index contributed by atoms with van der Waals surface area (Å²) in [5, 5.41) is 2.98. The fourth-order valence-electron chi connectivity index (χ4n) is 4.12. The summed E-state index contributed by atoms with van der Waals surface area (Å²) in [6.07, 6.45) is -0.509. The zero-order valence-electron chi connectivity index (χ0n) is 17.9. The molecule has 1 aromatic carbocycles. The molecule has 0 saturated heterocycles. The van der Waals surface area contributed by atoms with Gasteiger partial charge in [-0.05, 0) is 56.2 Å². The Bertz CT molecular complexity index is 1310. The van der Waals surface area contributed by atoms with Crippen LogP contribution < -0.4 is 10.9 Å². The number of benzene rings is 1. The average molecular weight is 441 g/mol. The zero-order chi connectivity index (χ0) is 23.2. The van der Waals surface area contributed by atoms with Gasteiger partial charge in [0.2, 0.25) is 5.78 Å². The predicted octanol–water partition coefficient (Wildman–Crippen LogP) is 5.33. The molecule has 5 nitrogen and oxygen atoms in total. The van der Waals surface area contributed by atoms with E-state index in [0.717, 1.165) is 12.5 Å². The van der Waals surface area contributed by atoms with E-state index >= 15 is 0 Å². The van der Waals surface area contributed by atoms with Gasteiger partial charge < -0.3 is 14.5 Å². The first-order valence-electron chi connectivity index (χ1n) is 10.3. The van der Waals surface area contributed by atoms with Gasteiger partial charge in [-0.15, -0.1) is 0 Å². The second-order valence-electron chi connectivity index (χ2n) is 7.79. The van der Waals surface area contributed by atoms with Crippen LogP contribution in [-0.2, 0) is 12.7 Å². The number of halogens is 3. The summed E-state index contributed by atoms with van der Waals surface area (Å²) in [4.78, 5) is 25.6. The number of rotatable bonds is 4. The van der Waals surface area contributed by atoms with Gasteiger partial charge in [0, 0.05) is 24.1 Å². The highest BCUT2D eigenvalue weighted by molar-refractivity contribution is 6.20. The molecule has 1 aliphatic heterocycles. The van der Waals surface area contributed by atoms with Crippen LogP contribution in [0.5, 0.6) is 0 Å². The van der Waals surface area contributed by atoms with E-state index in [4.69, 9.17) is 0 Å². The van der Waals surface area contributed by atoms with Crippen molar-refractivity contribution in [2.45, 2.75) is 39.9 Å². The van der Waals surface area contributed by atoms with Gasteiger partial charge in [0.25, 0.3) is 5.56 Å². The number of para-hydroxylation sites is 1. The van der Waals surface area contributed by atoms with Crippen molar-refractivity contribution in [1.29, 1.82) is 0 Å². The number of pyridine rings is 1. The van der Waals surface area contributed by atoms with E-state index in [-0.39, 0.29) is 22.5 Å². The molecule has 0 spiro atoms. The Hall–Kier alpha value is -3.55. The Labute approximate surface area is 182 Å². The molecule has 0 saturated carbocycles. The van der Waals surface area contributed by atoms with E-state index in [0.29, 0.717) is 29.2 Å². The van der Waals surface area contributed by atoms with E-state index in [9.17, 15) is 22.8 Å². The highest BCUT2D eigenvalue weighted by Gasteiger charge is 2.34. The van der Waals surface area contributed by atoms with Crippen LogP contribution in [0, 0.1) is 13.8 Å². The van der Waals surface area contributed by atoms with Gasteiger partial charge in [-0.25, -0.2) is 0 Å². The first-order valence-corrected chi connectivity index (χ1v) is 10.3. The molecule has 0 fully saturated rings. The first kappa shape index (κ1) is 21.7. The topological polar surface area (TPSA) is 56.0 Å². The minimum absolute atomic E-state index is 0.0242. The summed E-state index contributed by atoms with van der Waals surface area (Å²) in [5.74, 6) is -0.420. The molecule has 0 unspecified atom stereocenters. The summed E-state index contributed by atoms with van der Waals surface area (Å²) in [6.45, 7) is 5.87. The molecular formula is C24H22F3N3O2. The molecule has 4 rings (SSSR count). The molecule has 1 aliphatic rings. The van der Waals surface area contributed by atoms with Gasteiger partial charge in [-0.2, -0.15) is 13.2 Å². The molecule has 3 aromatic rings. The third kappa shape index (κ3) is 3.55. The average Bonchev–Trinajstić information content (AvgIpc) is 3.20. The molecule has 8 heteroatoms. The molecule has 3 heterocycles. The number of Topliss-reactive ketones (excluding diaryl/α,β-unsaturated/α-hetero) is 1. The number of aryl methyl sites for hydroxylation is 2. The number of alkyl halides is 3. The van der Waals surface area contributed by atoms with Gasteiger partial charge in [0.05, 0.1) is 22.6 Å². The maximum absolute atomic E-state index is 13.5. The number of nitrogens with zero attached hydrogens (tertiary/aromatic N) is 2. The van der Waals surface area contributed by atoms with Crippen molar-refractivity contribution >= 4 is 17.5 Å². The molecule has 166 valence electrons. The zero-order valence-corrected chi connectivity index (χ0v) is 17.9. The Kier molecular flexibility index (Phi) is 5.32. The lowest BCUT2D eigenvalue weighted by atomic mass is 10.1. The van der Waals surface area contributed by atoms with Crippen LogP contribution >= 0.6 is 0 Å². The van der Waals surface area contributed by atoms with Gasteiger partial charge >= 0.3 is 6.18 Å². The van der Waals surface area contributed by atoms with E-state index < -0.39 is 17.5 Å². The van der Waals surface area contributed by atoms with Gasteiger partial charge in [-0.1, -0.05) is 19.1 Å². The van der Waals surface area contributed by atoms with E-state index in [1.807, 2.05) is 6.92 Å². The number of ketones is 1. The van der Waals surface area contributed by atoms with Crippen LogP contribution in [0.4, 0.5) is 18.9 Å². The summed E-state index contributed by atoms with van der Waals surface area (Å²) in [6, 6.07) is 8.79. The number of hydrogen-bond donors (Lipinski definition) is 1. The molecule has 0 aliphatic carbocycles. The number of hydrogen-bond acceptors (Lipinski definition) is 3.